The van der Waals surface area contributed by atoms with Gasteiger partial charge in [0, 0.05) is 38.6 Å². The third-order valence-electron chi connectivity index (χ3n) is 5.21. The molecule has 0 unspecified atom stereocenters. The highest BCUT2D eigenvalue weighted by Crippen LogP contribution is 2.24. The van der Waals surface area contributed by atoms with Crippen molar-refractivity contribution in [3.63, 3.8) is 0 Å². The van der Waals surface area contributed by atoms with Gasteiger partial charge in [0.2, 0.25) is 5.95 Å². The van der Waals surface area contributed by atoms with Crippen LogP contribution in [0.4, 0.5) is 10.1 Å². The molecule has 4 rings (SSSR count). The van der Waals surface area contributed by atoms with Crippen molar-refractivity contribution >= 4 is 17.2 Å². The molecule has 3 heterocycles. The van der Waals surface area contributed by atoms with Gasteiger partial charge in [-0.1, -0.05) is 18.2 Å². The molecule has 1 saturated heterocycles. The van der Waals surface area contributed by atoms with Gasteiger partial charge < -0.3 is 9.80 Å². The predicted molar refractivity (Wildman–Crippen MR) is 104 cm³/mol. The number of rotatable bonds is 4. The first-order valence-corrected chi connectivity index (χ1v) is 9.22. The maximum Gasteiger partial charge on any atom is 0.277 e. The summed E-state index contributed by atoms with van der Waals surface area (Å²) in [5, 5.41) is 0. The number of pyridine rings is 1. The number of hydrogen-bond acceptors (Lipinski definition) is 3. The summed E-state index contributed by atoms with van der Waals surface area (Å²) in [6.07, 6.45) is 2.62. The number of carbonyl (C=O) groups excluding carboxylic acids is 1. The van der Waals surface area contributed by atoms with Crippen molar-refractivity contribution in [1.29, 1.82) is 0 Å². The summed E-state index contributed by atoms with van der Waals surface area (Å²) in [4.78, 5) is 20.9. The Morgan fingerprint density at radius 1 is 1.30 bits per heavy atom. The van der Waals surface area contributed by atoms with E-state index in [1.165, 1.54) is 10.1 Å². The maximum absolute atomic E-state index is 14.6. The minimum atomic E-state index is -0.598. The number of carbonyl (C=O) groups is 1. The number of aromatic nitrogens is 2. The number of para-hydroxylation sites is 1. The van der Waals surface area contributed by atoms with E-state index in [0.717, 1.165) is 25.1 Å². The van der Waals surface area contributed by atoms with Gasteiger partial charge in [0.05, 0.1) is 0 Å². The molecule has 0 saturated carbocycles. The molecule has 1 fully saturated rings. The molecule has 0 aliphatic carbocycles. The zero-order chi connectivity index (χ0) is 19.0. The normalized spacial score (nSPS) is 16.9. The zero-order valence-corrected chi connectivity index (χ0v) is 15.6. The van der Waals surface area contributed by atoms with Gasteiger partial charge in [0.15, 0.2) is 5.69 Å². The minimum absolute atomic E-state index is 0.110. The number of fused-ring (bicyclic) bond motifs is 1. The van der Waals surface area contributed by atoms with Gasteiger partial charge in [-0.2, -0.15) is 4.39 Å². The second kappa shape index (κ2) is 7.02. The largest absolute Gasteiger partial charge is 0.371 e. The highest BCUT2D eigenvalue weighted by Gasteiger charge is 2.28. The van der Waals surface area contributed by atoms with Crippen molar-refractivity contribution in [1.82, 2.24) is 14.3 Å². The van der Waals surface area contributed by atoms with Crippen LogP contribution < -0.4 is 4.90 Å². The molecular weight excluding hydrogens is 343 g/mol. The number of benzene rings is 1. The molecule has 1 aliphatic rings. The standard InChI is InChI=1S/C21H23FN4O/c1-15-8-11-26-18(12-15)23-19(20(26)22)21(27)24(2)13-16-9-10-25(14-16)17-6-4-3-5-7-17/h3-8,11-12,16H,9-10,13-14H2,1-2H3/t16-/m0/s1. The Balaban J connectivity index is 1.45. The molecule has 2 aromatic heterocycles. The Bertz CT molecular complexity index is 969. The van der Waals surface area contributed by atoms with E-state index in [9.17, 15) is 9.18 Å². The fourth-order valence-electron chi connectivity index (χ4n) is 3.76. The van der Waals surface area contributed by atoms with Crippen molar-refractivity contribution < 1.29 is 9.18 Å². The van der Waals surface area contributed by atoms with Crippen LogP contribution in [0.1, 0.15) is 22.5 Å². The molecule has 0 spiro atoms. The van der Waals surface area contributed by atoms with E-state index in [2.05, 4.69) is 22.0 Å². The first kappa shape index (κ1) is 17.5. The number of imidazole rings is 1. The lowest BCUT2D eigenvalue weighted by Gasteiger charge is -2.22. The van der Waals surface area contributed by atoms with E-state index >= 15 is 0 Å². The van der Waals surface area contributed by atoms with Crippen LogP contribution in [-0.4, -0.2) is 46.9 Å². The SMILES string of the molecule is Cc1ccn2c(F)c(C(=O)N(C)C[C@@H]3CCN(c4ccccc4)C3)nc2c1. The molecule has 0 N–H and O–H groups in total. The summed E-state index contributed by atoms with van der Waals surface area (Å²) >= 11 is 0. The average Bonchev–Trinajstić information content (AvgIpc) is 3.26. The summed E-state index contributed by atoms with van der Waals surface area (Å²) in [5.41, 5.74) is 2.53. The number of amides is 1. The zero-order valence-electron chi connectivity index (χ0n) is 15.6. The van der Waals surface area contributed by atoms with Crippen LogP contribution in [-0.2, 0) is 0 Å². The Kier molecular flexibility index (Phi) is 4.56. The minimum Gasteiger partial charge on any atom is -0.371 e. The van der Waals surface area contributed by atoms with Gasteiger partial charge >= 0.3 is 0 Å². The Morgan fingerprint density at radius 2 is 2.07 bits per heavy atom. The van der Waals surface area contributed by atoms with Crippen molar-refractivity contribution in [3.05, 3.63) is 65.9 Å². The van der Waals surface area contributed by atoms with Crippen molar-refractivity contribution in [3.8, 4) is 0 Å². The highest BCUT2D eigenvalue weighted by molar-refractivity contribution is 5.93. The van der Waals surface area contributed by atoms with E-state index in [-0.39, 0.29) is 11.6 Å². The number of anilines is 1. The van der Waals surface area contributed by atoms with E-state index in [4.69, 9.17) is 0 Å². The topological polar surface area (TPSA) is 40.9 Å². The lowest BCUT2D eigenvalue weighted by Crippen LogP contribution is -2.33. The molecule has 0 radical (unpaired) electrons. The number of hydrogen-bond donors (Lipinski definition) is 0. The first-order valence-electron chi connectivity index (χ1n) is 9.22. The second-order valence-electron chi connectivity index (χ2n) is 7.31. The average molecular weight is 366 g/mol. The lowest BCUT2D eigenvalue weighted by atomic mass is 10.1. The van der Waals surface area contributed by atoms with E-state index in [0.29, 0.717) is 18.1 Å². The summed E-state index contributed by atoms with van der Waals surface area (Å²) in [6.45, 7) is 4.38. The van der Waals surface area contributed by atoms with E-state index in [1.54, 1.807) is 30.3 Å². The van der Waals surface area contributed by atoms with E-state index in [1.807, 2.05) is 25.1 Å². The monoisotopic (exact) mass is 366 g/mol. The first-order chi connectivity index (χ1) is 13.0. The van der Waals surface area contributed by atoms with Crippen molar-refractivity contribution in [2.45, 2.75) is 13.3 Å². The van der Waals surface area contributed by atoms with Crippen LogP contribution in [0.15, 0.2) is 48.7 Å². The molecule has 27 heavy (non-hydrogen) atoms. The van der Waals surface area contributed by atoms with Crippen LogP contribution in [0.3, 0.4) is 0 Å². The van der Waals surface area contributed by atoms with Gasteiger partial charge in [0.25, 0.3) is 5.91 Å². The van der Waals surface area contributed by atoms with Crippen LogP contribution in [0.5, 0.6) is 0 Å². The molecule has 1 aliphatic heterocycles. The lowest BCUT2D eigenvalue weighted by molar-refractivity contribution is 0.0766. The Morgan fingerprint density at radius 3 is 2.85 bits per heavy atom. The van der Waals surface area contributed by atoms with Gasteiger partial charge in [-0.15, -0.1) is 0 Å². The summed E-state index contributed by atoms with van der Waals surface area (Å²) < 4.78 is 15.9. The van der Waals surface area contributed by atoms with Gasteiger partial charge in [-0.05, 0) is 49.1 Å². The fourth-order valence-corrected chi connectivity index (χ4v) is 3.76. The molecule has 0 bridgehead atoms. The van der Waals surface area contributed by atoms with E-state index < -0.39 is 5.95 Å². The summed E-state index contributed by atoms with van der Waals surface area (Å²) in [6, 6.07) is 13.9. The third kappa shape index (κ3) is 3.39. The number of halogens is 1. The van der Waals surface area contributed by atoms with Crippen LogP contribution in [0.25, 0.3) is 5.65 Å². The van der Waals surface area contributed by atoms with Crippen molar-refractivity contribution in [2.75, 3.05) is 31.6 Å². The second-order valence-corrected chi connectivity index (χ2v) is 7.31. The molecule has 5 nitrogen and oxygen atoms in total. The molecule has 1 amide bonds. The van der Waals surface area contributed by atoms with Gasteiger partial charge in [0.1, 0.15) is 5.65 Å². The predicted octanol–water partition coefficient (Wildman–Crippen LogP) is 3.38. The molecule has 1 aromatic carbocycles. The molecule has 6 heteroatoms. The Hall–Kier alpha value is -2.89. The van der Waals surface area contributed by atoms with Crippen LogP contribution in [0.2, 0.25) is 0 Å². The fraction of sp³-hybridized carbons (Fsp3) is 0.333. The maximum atomic E-state index is 14.6. The third-order valence-corrected chi connectivity index (χ3v) is 5.21. The smallest absolute Gasteiger partial charge is 0.277 e. The molecule has 3 aromatic rings. The Labute approximate surface area is 158 Å². The van der Waals surface area contributed by atoms with Gasteiger partial charge in [-0.25, -0.2) is 4.98 Å². The van der Waals surface area contributed by atoms with Crippen LogP contribution >= 0.6 is 0 Å². The van der Waals surface area contributed by atoms with Crippen LogP contribution in [0, 0.1) is 18.8 Å². The summed E-state index contributed by atoms with van der Waals surface area (Å²) in [7, 11) is 1.72. The van der Waals surface area contributed by atoms with Gasteiger partial charge in [-0.3, -0.25) is 9.20 Å². The quantitative estimate of drug-likeness (QED) is 0.711. The van der Waals surface area contributed by atoms with Crippen molar-refractivity contribution in [2.24, 2.45) is 5.92 Å². The molecule has 1 atom stereocenters. The molecule has 140 valence electrons. The number of aryl methyl sites for hydroxylation is 1. The molecular formula is C21H23FN4O. The summed E-state index contributed by atoms with van der Waals surface area (Å²) in [5.74, 6) is -0.604. The number of nitrogens with zero attached hydrogens (tertiary/aromatic N) is 4. The highest BCUT2D eigenvalue weighted by atomic mass is 19.1.